The Hall–Kier alpha value is -2.17. The van der Waals surface area contributed by atoms with Crippen LogP contribution in [0.1, 0.15) is 12.8 Å². The van der Waals surface area contributed by atoms with Gasteiger partial charge in [0.05, 0.1) is 13.2 Å². The van der Waals surface area contributed by atoms with Crippen LogP contribution >= 0.6 is 0 Å². The Bertz CT molecular complexity index is 631. The van der Waals surface area contributed by atoms with Crippen LogP contribution in [-0.4, -0.2) is 18.4 Å². The molecule has 1 spiro atoms. The maximum Gasteiger partial charge on any atom is 0.222 e. The molecule has 2 aromatic rings. The molecule has 5 nitrogen and oxygen atoms in total. The Morgan fingerprint density at radius 3 is 2.53 bits per heavy atom. The Balaban J connectivity index is 1.68. The Morgan fingerprint density at radius 1 is 1.05 bits per heavy atom. The van der Waals surface area contributed by atoms with Crippen LogP contribution in [0.3, 0.4) is 0 Å². The SMILES string of the molecule is Nc1cc(-c2ccc3c(c2)OCC2(CC2)CO3)no1. The van der Waals surface area contributed by atoms with E-state index in [1.165, 1.54) is 12.8 Å². The molecule has 1 aromatic heterocycles. The maximum absolute atomic E-state index is 5.88. The van der Waals surface area contributed by atoms with E-state index in [0.29, 0.717) is 11.6 Å². The fourth-order valence-electron chi connectivity index (χ4n) is 2.29. The summed E-state index contributed by atoms with van der Waals surface area (Å²) >= 11 is 0. The van der Waals surface area contributed by atoms with Crippen molar-refractivity contribution >= 4 is 5.88 Å². The van der Waals surface area contributed by atoms with Crippen LogP contribution < -0.4 is 15.2 Å². The molecule has 0 atom stereocenters. The van der Waals surface area contributed by atoms with Gasteiger partial charge in [0.15, 0.2) is 11.5 Å². The highest BCUT2D eigenvalue weighted by Crippen LogP contribution is 2.49. The van der Waals surface area contributed by atoms with Gasteiger partial charge in [0.2, 0.25) is 5.88 Å². The van der Waals surface area contributed by atoms with Gasteiger partial charge in [0.1, 0.15) is 5.69 Å². The van der Waals surface area contributed by atoms with Crippen LogP contribution in [0, 0.1) is 5.41 Å². The third-order valence-corrected chi connectivity index (χ3v) is 3.79. The minimum atomic E-state index is 0.248. The van der Waals surface area contributed by atoms with Crippen molar-refractivity contribution in [3.05, 3.63) is 24.3 Å². The Labute approximate surface area is 110 Å². The van der Waals surface area contributed by atoms with Gasteiger partial charge in [-0.15, -0.1) is 0 Å². The molecule has 0 radical (unpaired) electrons. The minimum Gasteiger partial charge on any atom is -0.489 e. The fraction of sp³-hybridized carbons (Fsp3) is 0.357. The summed E-state index contributed by atoms with van der Waals surface area (Å²) in [5.74, 6) is 1.87. The average Bonchev–Trinajstić information content (AvgIpc) is 3.12. The summed E-state index contributed by atoms with van der Waals surface area (Å²) in [4.78, 5) is 0. The van der Waals surface area contributed by atoms with Crippen LogP contribution in [0.4, 0.5) is 5.88 Å². The smallest absolute Gasteiger partial charge is 0.222 e. The zero-order valence-electron chi connectivity index (χ0n) is 10.4. The number of hydrogen-bond acceptors (Lipinski definition) is 5. The quantitative estimate of drug-likeness (QED) is 0.850. The number of hydrogen-bond donors (Lipinski definition) is 1. The van der Waals surface area contributed by atoms with E-state index in [9.17, 15) is 0 Å². The van der Waals surface area contributed by atoms with Gasteiger partial charge < -0.3 is 19.7 Å². The van der Waals surface area contributed by atoms with Gasteiger partial charge in [0.25, 0.3) is 0 Å². The van der Waals surface area contributed by atoms with Crippen LogP contribution in [0.5, 0.6) is 11.5 Å². The normalized spacial score (nSPS) is 19.2. The van der Waals surface area contributed by atoms with Crippen LogP contribution in [-0.2, 0) is 0 Å². The summed E-state index contributed by atoms with van der Waals surface area (Å²) < 4.78 is 16.6. The number of anilines is 1. The standard InChI is InChI=1S/C14H14N2O3/c15-13-6-10(16-19-13)9-1-2-11-12(5-9)18-8-14(3-4-14)7-17-11/h1-2,5-6H,3-4,7-8,15H2. The van der Waals surface area contributed by atoms with E-state index in [0.717, 1.165) is 30.3 Å². The van der Waals surface area contributed by atoms with E-state index in [1.54, 1.807) is 6.07 Å². The molecule has 2 N–H and O–H groups in total. The first-order valence-corrected chi connectivity index (χ1v) is 6.36. The second-order valence-corrected chi connectivity index (χ2v) is 5.35. The molecule has 19 heavy (non-hydrogen) atoms. The van der Waals surface area contributed by atoms with Crippen LogP contribution in [0.15, 0.2) is 28.8 Å². The minimum absolute atomic E-state index is 0.248. The predicted octanol–water partition coefficient (Wildman–Crippen LogP) is 2.48. The van der Waals surface area contributed by atoms with E-state index in [2.05, 4.69) is 5.16 Å². The van der Waals surface area contributed by atoms with Crippen molar-refractivity contribution in [2.24, 2.45) is 5.41 Å². The lowest BCUT2D eigenvalue weighted by Crippen LogP contribution is -2.17. The number of nitrogens with zero attached hydrogens (tertiary/aromatic N) is 1. The molecule has 1 aliphatic heterocycles. The number of fused-ring (bicyclic) bond motifs is 1. The summed E-state index contributed by atoms with van der Waals surface area (Å²) in [6.07, 6.45) is 2.38. The Morgan fingerprint density at radius 2 is 1.84 bits per heavy atom. The number of aromatic nitrogens is 1. The van der Waals surface area contributed by atoms with Gasteiger partial charge >= 0.3 is 0 Å². The molecule has 0 saturated heterocycles. The molecule has 1 saturated carbocycles. The molecule has 0 bridgehead atoms. The summed E-state index contributed by atoms with van der Waals surface area (Å²) in [7, 11) is 0. The third kappa shape index (κ3) is 1.82. The van der Waals surface area contributed by atoms with Crippen LogP contribution in [0.25, 0.3) is 11.3 Å². The second-order valence-electron chi connectivity index (χ2n) is 5.35. The highest BCUT2D eigenvalue weighted by Gasteiger charge is 2.46. The molecule has 2 aliphatic rings. The van der Waals surface area contributed by atoms with Gasteiger partial charge in [-0.3, -0.25) is 0 Å². The summed E-state index contributed by atoms with van der Waals surface area (Å²) in [5, 5.41) is 3.90. The van der Waals surface area contributed by atoms with E-state index in [4.69, 9.17) is 19.7 Å². The number of ether oxygens (including phenoxy) is 2. The van der Waals surface area contributed by atoms with Gasteiger partial charge in [0, 0.05) is 17.0 Å². The van der Waals surface area contributed by atoms with Gasteiger partial charge in [-0.1, -0.05) is 5.16 Å². The van der Waals surface area contributed by atoms with Crippen molar-refractivity contribution < 1.29 is 14.0 Å². The number of rotatable bonds is 1. The molecule has 2 heterocycles. The number of nitrogen functional groups attached to an aromatic ring is 1. The van der Waals surface area contributed by atoms with E-state index < -0.39 is 0 Å². The molecule has 0 unspecified atom stereocenters. The van der Waals surface area contributed by atoms with Gasteiger partial charge in [-0.2, -0.15) is 0 Å². The zero-order valence-corrected chi connectivity index (χ0v) is 10.4. The van der Waals surface area contributed by atoms with E-state index in [1.807, 2.05) is 18.2 Å². The van der Waals surface area contributed by atoms with E-state index in [-0.39, 0.29) is 5.41 Å². The van der Waals surface area contributed by atoms with Crippen LogP contribution in [0.2, 0.25) is 0 Å². The van der Waals surface area contributed by atoms with Gasteiger partial charge in [-0.25, -0.2) is 0 Å². The van der Waals surface area contributed by atoms with Crippen molar-refractivity contribution in [1.29, 1.82) is 0 Å². The molecular formula is C14H14N2O3. The molecule has 0 amide bonds. The number of benzene rings is 1. The van der Waals surface area contributed by atoms with Crippen molar-refractivity contribution in [2.75, 3.05) is 18.9 Å². The molecule has 1 aromatic carbocycles. The van der Waals surface area contributed by atoms with Crippen molar-refractivity contribution in [3.8, 4) is 22.8 Å². The highest BCUT2D eigenvalue weighted by atomic mass is 16.5. The third-order valence-electron chi connectivity index (χ3n) is 3.79. The van der Waals surface area contributed by atoms with Crippen molar-refractivity contribution in [3.63, 3.8) is 0 Å². The van der Waals surface area contributed by atoms with Crippen molar-refractivity contribution in [1.82, 2.24) is 5.16 Å². The molecule has 1 aliphatic carbocycles. The first kappa shape index (κ1) is 10.7. The summed E-state index contributed by atoms with van der Waals surface area (Å²) in [5.41, 5.74) is 7.40. The first-order chi connectivity index (χ1) is 9.24. The summed E-state index contributed by atoms with van der Waals surface area (Å²) in [6.45, 7) is 1.47. The first-order valence-electron chi connectivity index (χ1n) is 6.36. The van der Waals surface area contributed by atoms with Gasteiger partial charge in [-0.05, 0) is 31.0 Å². The maximum atomic E-state index is 5.88. The second kappa shape index (κ2) is 3.66. The predicted molar refractivity (Wildman–Crippen MR) is 69.0 cm³/mol. The Kier molecular flexibility index (Phi) is 2.07. The average molecular weight is 258 g/mol. The molecular weight excluding hydrogens is 244 g/mol. The number of nitrogens with two attached hydrogens (primary N) is 1. The molecule has 4 rings (SSSR count). The zero-order chi connectivity index (χ0) is 12.9. The topological polar surface area (TPSA) is 70.5 Å². The lowest BCUT2D eigenvalue weighted by molar-refractivity contribution is 0.197. The fourth-order valence-corrected chi connectivity index (χ4v) is 2.29. The van der Waals surface area contributed by atoms with E-state index >= 15 is 0 Å². The highest BCUT2D eigenvalue weighted by molar-refractivity contribution is 5.65. The molecule has 5 heteroatoms. The summed E-state index contributed by atoms with van der Waals surface area (Å²) in [6, 6.07) is 7.47. The lowest BCUT2D eigenvalue weighted by Gasteiger charge is -2.08. The monoisotopic (exact) mass is 258 g/mol. The molecule has 98 valence electrons. The largest absolute Gasteiger partial charge is 0.489 e. The van der Waals surface area contributed by atoms with Crippen molar-refractivity contribution in [2.45, 2.75) is 12.8 Å². The lowest BCUT2D eigenvalue weighted by atomic mass is 10.1. The molecule has 1 fully saturated rings.